The van der Waals surface area contributed by atoms with Crippen LogP contribution in [-0.4, -0.2) is 23.3 Å². The Labute approximate surface area is 134 Å². The van der Waals surface area contributed by atoms with Crippen molar-refractivity contribution in [3.63, 3.8) is 0 Å². The van der Waals surface area contributed by atoms with E-state index < -0.39 is 11.6 Å². The zero-order valence-electron chi connectivity index (χ0n) is 12.0. The van der Waals surface area contributed by atoms with Crippen LogP contribution in [-0.2, 0) is 0 Å². The number of urea groups is 1. The Morgan fingerprint density at radius 3 is 2.71 bits per heavy atom. The lowest BCUT2D eigenvalue weighted by Crippen LogP contribution is -2.46. The lowest BCUT2D eigenvalue weighted by atomic mass is 9.79. The number of nitrogens with one attached hydrogen (secondary N) is 2. The van der Waals surface area contributed by atoms with Gasteiger partial charge >= 0.3 is 6.03 Å². The largest absolute Gasteiger partial charge is 0.388 e. The molecule has 0 atom stereocenters. The zero-order chi connectivity index (χ0) is 15.5. The quantitative estimate of drug-likeness (QED) is 0.782. The van der Waals surface area contributed by atoms with Gasteiger partial charge in [-0.05, 0) is 49.8 Å². The van der Waals surface area contributed by atoms with Crippen LogP contribution in [0.15, 0.2) is 18.2 Å². The second-order valence-corrected chi connectivity index (χ2v) is 6.68. The molecule has 3 N–H and O–H groups in total. The fourth-order valence-electron chi connectivity index (χ4n) is 2.48. The normalized spacial score (nSPS) is 25.4. The first-order chi connectivity index (χ1) is 9.88. The molecule has 0 radical (unpaired) electrons. The molecule has 6 heteroatoms. The standard InChI is InChI=1S/C15H20Cl2N2O2/c1-10-4-6-15(21,7-5-10)9-18-14(20)19-13-8-11(16)2-3-12(13)17/h2-3,8,10,21H,4-7,9H2,1H3,(H2,18,19,20). The Kier molecular flexibility index (Phi) is 5.36. The number of hydrogen-bond acceptors (Lipinski definition) is 2. The lowest BCUT2D eigenvalue weighted by Gasteiger charge is -2.34. The van der Waals surface area contributed by atoms with Crippen molar-refractivity contribution in [1.29, 1.82) is 0 Å². The van der Waals surface area contributed by atoms with E-state index in [4.69, 9.17) is 23.2 Å². The molecule has 0 spiro atoms. The van der Waals surface area contributed by atoms with Crippen LogP contribution in [0, 0.1) is 5.92 Å². The number of carbonyl (C=O) groups excluding carboxylic acids is 1. The Bertz CT molecular complexity index is 514. The molecular formula is C15H20Cl2N2O2. The summed E-state index contributed by atoms with van der Waals surface area (Å²) in [7, 11) is 0. The van der Waals surface area contributed by atoms with Gasteiger partial charge in [0.15, 0.2) is 0 Å². The number of halogens is 2. The van der Waals surface area contributed by atoms with Crippen molar-refractivity contribution in [1.82, 2.24) is 5.32 Å². The number of benzene rings is 1. The first-order valence-electron chi connectivity index (χ1n) is 7.10. The Balaban J connectivity index is 1.86. The molecule has 0 unspecified atom stereocenters. The van der Waals surface area contributed by atoms with Gasteiger partial charge < -0.3 is 15.7 Å². The van der Waals surface area contributed by atoms with E-state index in [9.17, 15) is 9.90 Å². The van der Waals surface area contributed by atoms with Crippen LogP contribution in [0.3, 0.4) is 0 Å². The first-order valence-corrected chi connectivity index (χ1v) is 7.86. The molecule has 1 aliphatic carbocycles. The van der Waals surface area contributed by atoms with E-state index >= 15 is 0 Å². The molecule has 0 aromatic heterocycles. The van der Waals surface area contributed by atoms with Gasteiger partial charge in [0.05, 0.1) is 16.3 Å². The number of hydrogen-bond donors (Lipinski definition) is 3. The highest BCUT2D eigenvalue weighted by molar-refractivity contribution is 6.35. The average Bonchev–Trinajstić information content (AvgIpc) is 2.45. The van der Waals surface area contributed by atoms with Crippen molar-refractivity contribution in [2.45, 2.75) is 38.2 Å². The van der Waals surface area contributed by atoms with E-state index in [0.29, 0.717) is 34.5 Å². The van der Waals surface area contributed by atoms with Crippen LogP contribution >= 0.6 is 23.2 Å². The molecule has 1 aromatic carbocycles. The number of anilines is 1. The summed E-state index contributed by atoms with van der Waals surface area (Å²) in [6.07, 6.45) is 3.40. The minimum atomic E-state index is -0.804. The lowest BCUT2D eigenvalue weighted by molar-refractivity contribution is -0.00356. The predicted octanol–water partition coefficient (Wildman–Crippen LogP) is 4.06. The van der Waals surface area contributed by atoms with Gasteiger partial charge in [0.2, 0.25) is 0 Å². The third-order valence-corrected chi connectivity index (χ3v) is 4.52. The van der Waals surface area contributed by atoms with Crippen LogP contribution < -0.4 is 10.6 Å². The topological polar surface area (TPSA) is 61.4 Å². The second kappa shape index (κ2) is 6.86. The molecule has 1 saturated carbocycles. The van der Waals surface area contributed by atoms with Crippen molar-refractivity contribution in [2.24, 2.45) is 5.92 Å². The maximum atomic E-state index is 11.9. The Morgan fingerprint density at radius 2 is 2.05 bits per heavy atom. The predicted molar refractivity (Wildman–Crippen MR) is 86.1 cm³/mol. The Morgan fingerprint density at radius 1 is 1.38 bits per heavy atom. The summed E-state index contributed by atoms with van der Waals surface area (Å²) in [4.78, 5) is 11.9. The van der Waals surface area contributed by atoms with Crippen molar-refractivity contribution < 1.29 is 9.90 Å². The molecule has 1 aliphatic rings. The highest BCUT2D eigenvalue weighted by Crippen LogP contribution is 2.31. The monoisotopic (exact) mass is 330 g/mol. The summed E-state index contributed by atoms with van der Waals surface area (Å²) in [5, 5.41) is 16.7. The van der Waals surface area contributed by atoms with Gasteiger partial charge in [-0.15, -0.1) is 0 Å². The van der Waals surface area contributed by atoms with Gasteiger partial charge in [-0.3, -0.25) is 0 Å². The third-order valence-electron chi connectivity index (χ3n) is 3.96. The summed E-state index contributed by atoms with van der Waals surface area (Å²) in [5.41, 5.74) is -0.354. The van der Waals surface area contributed by atoms with E-state index in [-0.39, 0.29) is 6.54 Å². The van der Waals surface area contributed by atoms with Gasteiger partial charge in [0.1, 0.15) is 0 Å². The van der Waals surface area contributed by atoms with Crippen molar-refractivity contribution in [2.75, 3.05) is 11.9 Å². The Hall–Kier alpha value is -0.970. The highest BCUT2D eigenvalue weighted by atomic mass is 35.5. The molecule has 2 amide bonds. The van der Waals surface area contributed by atoms with Gasteiger partial charge in [-0.2, -0.15) is 0 Å². The number of aliphatic hydroxyl groups is 1. The smallest absolute Gasteiger partial charge is 0.319 e. The third kappa shape index (κ3) is 4.77. The van der Waals surface area contributed by atoms with Crippen molar-refractivity contribution in [3.05, 3.63) is 28.2 Å². The second-order valence-electron chi connectivity index (χ2n) is 5.84. The average molecular weight is 331 g/mol. The van der Waals surface area contributed by atoms with Crippen molar-refractivity contribution >= 4 is 34.9 Å². The van der Waals surface area contributed by atoms with Crippen LogP contribution in [0.2, 0.25) is 10.0 Å². The number of rotatable bonds is 3. The van der Waals surface area contributed by atoms with E-state index in [1.54, 1.807) is 18.2 Å². The van der Waals surface area contributed by atoms with E-state index in [1.807, 2.05) is 0 Å². The van der Waals surface area contributed by atoms with Gasteiger partial charge in [0, 0.05) is 11.6 Å². The van der Waals surface area contributed by atoms with Crippen molar-refractivity contribution in [3.8, 4) is 0 Å². The zero-order valence-corrected chi connectivity index (χ0v) is 13.5. The summed E-state index contributed by atoms with van der Waals surface area (Å²) in [6, 6.07) is 4.46. The van der Waals surface area contributed by atoms with E-state index in [2.05, 4.69) is 17.6 Å². The molecule has 116 valence electrons. The maximum Gasteiger partial charge on any atom is 0.319 e. The summed E-state index contributed by atoms with van der Waals surface area (Å²) in [6.45, 7) is 2.42. The molecule has 4 nitrogen and oxygen atoms in total. The molecule has 1 aromatic rings. The summed E-state index contributed by atoms with van der Waals surface area (Å²) in [5.74, 6) is 0.643. The fourth-order valence-corrected chi connectivity index (χ4v) is 2.82. The number of carbonyl (C=O) groups is 1. The molecule has 0 saturated heterocycles. The first kappa shape index (κ1) is 16.4. The number of amides is 2. The van der Waals surface area contributed by atoms with Gasteiger partial charge in [-0.1, -0.05) is 30.1 Å². The van der Waals surface area contributed by atoms with Crippen LogP contribution in [0.25, 0.3) is 0 Å². The fraction of sp³-hybridized carbons (Fsp3) is 0.533. The SMILES string of the molecule is CC1CCC(O)(CNC(=O)Nc2cc(Cl)ccc2Cl)CC1. The molecule has 0 bridgehead atoms. The minimum Gasteiger partial charge on any atom is -0.388 e. The van der Waals surface area contributed by atoms with E-state index in [0.717, 1.165) is 12.8 Å². The molecule has 2 rings (SSSR count). The minimum absolute atomic E-state index is 0.240. The van der Waals surface area contributed by atoms with Crippen LogP contribution in [0.4, 0.5) is 10.5 Å². The molecule has 0 aliphatic heterocycles. The highest BCUT2D eigenvalue weighted by Gasteiger charge is 2.32. The van der Waals surface area contributed by atoms with Crippen LogP contribution in [0.1, 0.15) is 32.6 Å². The van der Waals surface area contributed by atoms with Gasteiger partial charge in [0.25, 0.3) is 0 Å². The molecule has 1 fully saturated rings. The molecular weight excluding hydrogens is 311 g/mol. The summed E-state index contributed by atoms with van der Waals surface area (Å²) >= 11 is 11.8. The molecule has 0 heterocycles. The van der Waals surface area contributed by atoms with Gasteiger partial charge in [-0.25, -0.2) is 4.79 Å². The maximum absolute atomic E-state index is 11.9. The molecule has 21 heavy (non-hydrogen) atoms. The summed E-state index contributed by atoms with van der Waals surface area (Å²) < 4.78 is 0. The van der Waals surface area contributed by atoms with E-state index in [1.165, 1.54) is 0 Å². The van der Waals surface area contributed by atoms with Crippen LogP contribution in [0.5, 0.6) is 0 Å².